The molecule has 0 aliphatic rings. The fourth-order valence-corrected chi connectivity index (χ4v) is 3.52. The van der Waals surface area contributed by atoms with Crippen LogP contribution in [0.2, 0.25) is 0 Å². The van der Waals surface area contributed by atoms with Crippen molar-refractivity contribution in [3.05, 3.63) is 94.8 Å². The van der Waals surface area contributed by atoms with Gasteiger partial charge in [-0.2, -0.15) is 31.6 Å². The number of alkyl halides is 6. The summed E-state index contributed by atoms with van der Waals surface area (Å²) in [7, 11) is 2.40. The number of nitrogens with zero attached hydrogens (tertiary/aromatic N) is 5. The van der Waals surface area contributed by atoms with E-state index >= 15 is 0 Å². The smallest absolute Gasteiger partial charge is 0.433 e. The maximum absolute atomic E-state index is 12.5. The number of halogens is 7. The van der Waals surface area contributed by atoms with Crippen LogP contribution in [0.25, 0.3) is 22.5 Å². The fourth-order valence-electron chi connectivity index (χ4n) is 3.52. The summed E-state index contributed by atoms with van der Waals surface area (Å²) in [6.45, 7) is 0.0635. The zero-order chi connectivity index (χ0) is 32.7. The molecular formula is C28H21ClF6N6O4. The van der Waals surface area contributed by atoms with Crippen molar-refractivity contribution in [1.82, 2.24) is 19.9 Å². The molecule has 0 saturated carbocycles. The van der Waals surface area contributed by atoms with Crippen LogP contribution in [0.3, 0.4) is 0 Å². The van der Waals surface area contributed by atoms with Crippen LogP contribution in [0.4, 0.5) is 26.3 Å². The van der Waals surface area contributed by atoms with Gasteiger partial charge in [0, 0.05) is 42.5 Å². The fraction of sp³-hybridized carbons (Fsp3) is 0.179. The maximum Gasteiger partial charge on any atom is 0.433 e. The van der Waals surface area contributed by atoms with Crippen molar-refractivity contribution in [2.75, 3.05) is 14.2 Å². The predicted molar refractivity (Wildman–Crippen MR) is 147 cm³/mol. The average molecular weight is 655 g/mol. The summed E-state index contributed by atoms with van der Waals surface area (Å²) < 4.78 is 83.9. The largest absolute Gasteiger partial charge is 0.465 e. The van der Waals surface area contributed by atoms with Crippen molar-refractivity contribution in [1.29, 1.82) is 5.26 Å². The first-order valence-electron chi connectivity index (χ1n) is 12.1. The number of carbonyl (C=O) groups excluding carboxylic acids is 2. The van der Waals surface area contributed by atoms with Gasteiger partial charge in [-0.05, 0) is 42.0 Å². The highest BCUT2D eigenvalue weighted by atomic mass is 35.5. The summed E-state index contributed by atoms with van der Waals surface area (Å²) in [4.78, 5) is 37.7. The number of nitriles is 1. The average Bonchev–Trinajstić information content (AvgIpc) is 3.03. The summed E-state index contributed by atoms with van der Waals surface area (Å²) in [6.07, 6.45) is -4.53. The number of hydrogen-bond donors (Lipinski definition) is 1. The second kappa shape index (κ2) is 15.0. The number of aromatic nitrogens is 4. The lowest BCUT2D eigenvalue weighted by Gasteiger charge is -2.09. The topological polar surface area (TPSA) is 154 Å². The van der Waals surface area contributed by atoms with E-state index in [1.54, 1.807) is 0 Å². The van der Waals surface area contributed by atoms with Crippen molar-refractivity contribution in [3.63, 3.8) is 0 Å². The number of methoxy groups -OCH3 is 2. The van der Waals surface area contributed by atoms with E-state index in [4.69, 9.17) is 11.0 Å². The van der Waals surface area contributed by atoms with Gasteiger partial charge >= 0.3 is 24.3 Å². The van der Waals surface area contributed by atoms with E-state index in [0.29, 0.717) is 22.4 Å². The SMILES string of the molecule is COC(=O)c1cnc(-c2ccc(C(F)(F)F)nc2)cc1C#N.COC(=O)c1cnc(-c2ccc(C(F)(F)F)nc2)cc1CN.Cl. The molecule has 4 heterocycles. The lowest BCUT2D eigenvalue weighted by atomic mass is 10.1. The highest BCUT2D eigenvalue weighted by molar-refractivity contribution is 5.92. The molecule has 0 amide bonds. The van der Waals surface area contributed by atoms with E-state index in [-0.39, 0.29) is 41.3 Å². The van der Waals surface area contributed by atoms with Crippen LogP contribution in [0.15, 0.2) is 61.2 Å². The molecule has 0 aliphatic heterocycles. The van der Waals surface area contributed by atoms with E-state index < -0.39 is 35.7 Å². The number of pyridine rings is 4. The molecule has 2 N–H and O–H groups in total. The Kier molecular flexibility index (Phi) is 12.0. The number of esters is 2. The zero-order valence-corrected chi connectivity index (χ0v) is 23.9. The molecule has 0 fully saturated rings. The van der Waals surface area contributed by atoms with Gasteiger partial charge in [-0.3, -0.25) is 19.9 Å². The molecule has 0 atom stereocenters. The first-order chi connectivity index (χ1) is 20.7. The summed E-state index contributed by atoms with van der Waals surface area (Å²) in [5.74, 6) is -1.30. The Morgan fingerprint density at radius 2 is 1.20 bits per heavy atom. The van der Waals surface area contributed by atoms with Crippen LogP contribution in [-0.4, -0.2) is 46.1 Å². The second-order valence-corrected chi connectivity index (χ2v) is 8.50. The molecule has 4 rings (SSSR count). The molecule has 45 heavy (non-hydrogen) atoms. The molecule has 0 bridgehead atoms. The lowest BCUT2D eigenvalue weighted by molar-refractivity contribution is -0.141. The summed E-state index contributed by atoms with van der Waals surface area (Å²) >= 11 is 0. The Balaban J connectivity index is 0.000000307. The van der Waals surface area contributed by atoms with Gasteiger partial charge in [-0.1, -0.05) is 0 Å². The number of hydrogen-bond acceptors (Lipinski definition) is 10. The summed E-state index contributed by atoms with van der Waals surface area (Å²) in [6, 6.07) is 8.76. The first-order valence-corrected chi connectivity index (χ1v) is 12.1. The van der Waals surface area contributed by atoms with E-state index in [2.05, 4.69) is 29.4 Å². The Labute approximate surface area is 257 Å². The Bertz CT molecular complexity index is 1690. The quantitative estimate of drug-likeness (QED) is 0.211. The Morgan fingerprint density at radius 1 is 0.756 bits per heavy atom. The van der Waals surface area contributed by atoms with Crippen LogP contribution in [0, 0.1) is 11.3 Å². The van der Waals surface area contributed by atoms with Gasteiger partial charge in [0.2, 0.25) is 0 Å². The van der Waals surface area contributed by atoms with Crippen molar-refractivity contribution >= 4 is 24.3 Å². The van der Waals surface area contributed by atoms with Crippen molar-refractivity contribution in [2.24, 2.45) is 5.73 Å². The molecule has 0 spiro atoms. The third-order valence-corrected chi connectivity index (χ3v) is 5.74. The van der Waals surface area contributed by atoms with Crippen LogP contribution in [-0.2, 0) is 28.4 Å². The van der Waals surface area contributed by atoms with E-state index in [1.165, 1.54) is 37.6 Å². The zero-order valence-electron chi connectivity index (χ0n) is 23.1. The van der Waals surface area contributed by atoms with Gasteiger partial charge in [0.25, 0.3) is 0 Å². The van der Waals surface area contributed by atoms with Crippen molar-refractivity contribution < 1.29 is 45.4 Å². The molecule has 0 radical (unpaired) electrons. The van der Waals surface area contributed by atoms with Gasteiger partial charge in [0.05, 0.1) is 42.3 Å². The first kappa shape index (κ1) is 36.1. The number of carbonyl (C=O) groups is 2. The third kappa shape index (κ3) is 8.94. The molecule has 10 nitrogen and oxygen atoms in total. The second-order valence-electron chi connectivity index (χ2n) is 8.50. The number of nitrogens with two attached hydrogens (primary N) is 1. The van der Waals surface area contributed by atoms with E-state index in [1.807, 2.05) is 6.07 Å². The van der Waals surface area contributed by atoms with E-state index in [0.717, 1.165) is 37.8 Å². The highest BCUT2D eigenvalue weighted by Gasteiger charge is 2.33. The van der Waals surface area contributed by atoms with Gasteiger partial charge in [0.1, 0.15) is 17.5 Å². The van der Waals surface area contributed by atoms with Gasteiger partial charge in [-0.25, -0.2) is 9.59 Å². The molecule has 0 aromatic carbocycles. The number of ether oxygens (including phenoxy) is 2. The van der Waals surface area contributed by atoms with Crippen LogP contribution < -0.4 is 5.73 Å². The molecule has 17 heteroatoms. The molecule has 236 valence electrons. The van der Waals surface area contributed by atoms with Gasteiger partial charge in [0.15, 0.2) is 0 Å². The molecular weight excluding hydrogens is 634 g/mol. The van der Waals surface area contributed by atoms with Crippen molar-refractivity contribution in [2.45, 2.75) is 18.9 Å². The monoisotopic (exact) mass is 654 g/mol. The van der Waals surface area contributed by atoms with Crippen LogP contribution >= 0.6 is 12.4 Å². The highest BCUT2D eigenvalue weighted by Crippen LogP contribution is 2.30. The summed E-state index contributed by atoms with van der Waals surface area (Å²) in [5.41, 5.74) is 5.53. The third-order valence-electron chi connectivity index (χ3n) is 5.74. The number of rotatable bonds is 5. The van der Waals surface area contributed by atoms with Gasteiger partial charge < -0.3 is 15.2 Å². The van der Waals surface area contributed by atoms with Crippen LogP contribution in [0.5, 0.6) is 0 Å². The van der Waals surface area contributed by atoms with E-state index in [9.17, 15) is 35.9 Å². The minimum atomic E-state index is -4.53. The molecule has 0 aliphatic carbocycles. The predicted octanol–water partition coefficient (Wildman–Crippen LogP) is 5.65. The molecule has 4 aromatic rings. The molecule has 0 saturated heterocycles. The lowest BCUT2D eigenvalue weighted by Crippen LogP contribution is -2.10. The van der Waals surface area contributed by atoms with Crippen LogP contribution in [0.1, 0.15) is 43.2 Å². The Hall–Kier alpha value is -5.14. The normalized spacial score (nSPS) is 10.8. The molecule has 0 unspecified atom stereocenters. The van der Waals surface area contributed by atoms with Gasteiger partial charge in [-0.15, -0.1) is 12.4 Å². The minimum absolute atomic E-state index is 0. The molecule has 4 aromatic heterocycles. The standard InChI is InChI=1S/C14H12F3N3O2.C14H8F3N3O2.ClH/c2*1-22-13(21)10-7-19-11(4-9(10)5-18)8-2-3-12(20-6-8)14(15,16)17;/h2-4,6-7H,5,18H2,1H3;2-4,6-7H,1H3;1H. The maximum atomic E-state index is 12.5. The van der Waals surface area contributed by atoms with Crippen molar-refractivity contribution in [3.8, 4) is 28.6 Å². The summed E-state index contributed by atoms with van der Waals surface area (Å²) in [5, 5.41) is 9.04. The Morgan fingerprint density at radius 3 is 1.58 bits per heavy atom. The minimum Gasteiger partial charge on any atom is -0.465 e.